The lowest BCUT2D eigenvalue weighted by atomic mass is 9.93. The Morgan fingerprint density at radius 1 is 1.21 bits per heavy atom. The maximum atomic E-state index is 13.1. The Balaban J connectivity index is 1.33. The first-order chi connectivity index (χ1) is 16.7. The number of rotatable bonds is 5. The Bertz CT molecular complexity index is 1300. The van der Waals surface area contributed by atoms with Crippen LogP contribution >= 0.6 is 0 Å². The number of nitriles is 1. The summed E-state index contributed by atoms with van der Waals surface area (Å²) in [6.07, 6.45) is 5.68. The summed E-state index contributed by atoms with van der Waals surface area (Å²) in [7, 11) is 0. The molecule has 34 heavy (non-hydrogen) atoms. The second-order valence-electron chi connectivity index (χ2n) is 8.80. The van der Waals surface area contributed by atoms with Crippen molar-refractivity contribution in [3.8, 4) is 11.8 Å². The quantitative estimate of drug-likeness (QED) is 0.531. The lowest BCUT2D eigenvalue weighted by Gasteiger charge is -2.27. The molecule has 1 saturated carbocycles. The van der Waals surface area contributed by atoms with Gasteiger partial charge in [0.1, 0.15) is 23.3 Å². The monoisotopic (exact) mass is 459 g/mol. The zero-order valence-corrected chi connectivity index (χ0v) is 18.7. The summed E-state index contributed by atoms with van der Waals surface area (Å²) in [5, 5.41) is 17.0. The van der Waals surface area contributed by atoms with Gasteiger partial charge < -0.3 is 30.0 Å². The van der Waals surface area contributed by atoms with Gasteiger partial charge in [-0.1, -0.05) is 0 Å². The van der Waals surface area contributed by atoms with Gasteiger partial charge in [0.25, 0.3) is 5.91 Å². The Morgan fingerprint density at radius 3 is 2.82 bits per heavy atom. The van der Waals surface area contributed by atoms with E-state index in [0.717, 1.165) is 18.4 Å². The van der Waals surface area contributed by atoms with Gasteiger partial charge in [-0.05, 0) is 31.4 Å². The number of hydrogen-bond donors (Lipinski definition) is 3. The average molecular weight is 460 g/mol. The summed E-state index contributed by atoms with van der Waals surface area (Å²) < 4.78 is 11.3. The number of benzene rings is 1. The van der Waals surface area contributed by atoms with Gasteiger partial charge in [0.2, 0.25) is 5.95 Å². The maximum Gasteiger partial charge on any atom is 0.254 e. The van der Waals surface area contributed by atoms with Crippen molar-refractivity contribution in [3.05, 3.63) is 35.0 Å². The van der Waals surface area contributed by atoms with Crippen LogP contribution in [-0.4, -0.2) is 64.7 Å². The van der Waals surface area contributed by atoms with Crippen LogP contribution in [0.3, 0.4) is 0 Å². The van der Waals surface area contributed by atoms with Crippen molar-refractivity contribution in [2.75, 3.05) is 43.5 Å². The van der Waals surface area contributed by atoms with E-state index in [9.17, 15) is 10.1 Å². The Kier molecular flexibility index (Phi) is 5.19. The lowest BCUT2D eigenvalue weighted by molar-refractivity contribution is 0.0302. The van der Waals surface area contributed by atoms with Crippen molar-refractivity contribution in [2.45, 2.75) is 31.7 Å². The van der Waals surface area contributed by atoms with Crippen molar-refractivity contribution in [1.29, 1.82) is 5.26 Å². The zero-order valence-electron chi connectivity index (χ0n) is 18.7. The van der Waals surface area contributed by atoms with Gasteiger partial charge in [0.15, 0.2) is 0 Å². The second-order valence-corrected chi connectivity index (χ2v) is 8.80. The molecule has 1 aromatic carbocycles. The highest BCUT2D eigenvalue weighted by Crippen LogP contribution is 2.38. The van der Waals surface area contributed by atoms with E-state index < -0.39 is 0 Å². The molecule has 1 saturated heterocycles. The topological polar surface area (TPSA) is 128 Å². The number of carbonyl (C=O) groups excluding carboxylic acids is 1. The van der Waals surface area contributed by atoms with Crippen molar-refractivity contribution >= 4 is 34.4 Å². The standard InChI is InChI=1S/C24H25N7O3/c25-12-14-13-26-21-19(14)22(27-15-2-1-3-15)30-24(29-21)28-18-5-4-17(16-6-9-34-20(16)18)23(32)31-7-10-33-11-8-31/h4-5,13,15H,1-3,6-11H2,(H3,26,27,28,29,30). The van der Waals surface area contributed by atoms with Crippen molar-refractivity contribution in [2.24, 2.45) is 0 Å². The van der Waals surface area contributed by atoms with E-state index in [4.69, 9.17) is 14.5 Å². The van der Waals surface area contributed by atoms with Crippen LogP contribution in [0.5, 0.6) is 5.75 Å². The summed E-state index contributed by atoms with van der Waals surface area (Å²) in [6, 6.07) is 6.26. The van der Waals surface area contributed by atoms with E-state index in [2.05, 4.69) is 26.7 Å². The Morgan fingerprint density at radius 2 is 2.06 bits per heavy atom. The first kappa shape index (κ1) is 20.7. The lowest BCUT2D eigenvalue weighted by Crippen LogP contribution is -2.41. The average Bonchev–Trinajstić information content (AvgIpc) is 3.49. The molecule has 3 aromatic rings. The van der Waals surface area contributed by atoms with Crippen molar-refractivity contribution in [3.63, 3.8) is 0 Å². The van der Waals surface area contributed by atoms with E-state index in [1.807, 2.05) is 17.0 Å². The van der Waals surface area contributed by atoms with Crippen molar-refractivity contribution in [1.82, 2.24) is 19.9 Å². The van der Waals surface area contributed by atoms with Gasteiger partial charge in [-0.15, -0.1) is 0 Å². The molecule has 0 atom stereocenters. The molecule has 2 aromatic heterocycles. The molecule has 3 aliphatic rings. The summed E-state index contributed by atoms with van der Waals surface area (Å²) in [5.41, 5.74) is 3.40. The third-order valence-electron chi connectivity index (χ3n) is 6.73. The fourth-order valence-electron chi connectivity index (χ4n) is 4.68. The number of anilines is 3. The van der Waals surface area contributed by atoms with E-state index in [1.165, 1.54) is 6.42 Å². The molecule has 6 rings (SSSR count). The molecule has 174 valence electrons. The number of nitrogens with one attached hydrogen (secondary N) is 3. The number of aromatic nitrogens is 3. The summed E-state index contributed by atoms with van der Waals surface area (Å²) in [6.45, 7) is 2.84. The maximum absolute atomic E-state index is 13.1. The molecule has 2 fully saturated rings. The molecular formula is C24H25N7O3. The number of fused-ring (bicyclic) bond motifs is 2. The van der Waals surface area contributed by atoms with Gasteiger partial charge in [0.05, 0.1) is 36.5 Å². The van der Waals surface area contributed by atoms with Gasteiger partial charge in [0, 0.05) is 42.9 Å². The predicted molar refractivity (Wildman–Crippen MR) is 126 cm³/mol. The first-order valence-electron chi connectivity index (χ1n) is 11.7. The number of amides is 1. The minimum Gasteiger partial charge on any atom is -0.491 e. The molecule has 1 aliphatic carbocycles. The Hall–Kier alpha value is -3.84. The van der Waals surface area contributed by atoms with Gasteiger partial charge >= 0.3 is 0 Å². The van der Waals surface area contributed by atoms with Crippen LogP contribution in [0.2, 0.25) is 0 Å². The summed E-state index contributed by atoms with van der Waals surface area (Å²) >= 11 is 0. The van der Waals surface area contributed by atoms with Crippen LogP contribution in [0.1, 0.15) is 40.7 Å². The summed E-state index contributed by atoms with van der Waals surface area (Å²) in [5.74, 6) is 1.72. The van der Waals surface area contributed by atoms with Crippen LogP contribution in [0.15, 0.2) is 18.3 Å². The minimum atomic E-state index is 0.0108. The van der Waals surface area contributed by atoms with Crippen LogP contribution in [-0.2, 0) is 11.2 Å². The number of hydrogen-bond acceptors (Lipinski definition) is 8. The SMILES string of the molecule is N#Cc1c[nH]c2nc(Nc3ccc(C(=O)N4CCOCC4)c4c3OCC4)nc(NC3CCC3)c12. The third kappa shape index (κ3) is 3.58. The molecule has 1 amide bonds. The van der Waals surface area contributed by atoms with Crippen LogP contribution in [0.25, 0.3) is 11.0 Å². The molecule has 10 heteroatoms. The highest BCUT2D eigenvalue weighted by molar-refractivity contribution is 5.98. The van der Waals surface area contributed by atoms with E-state index >= 15 is 0 Å². The molecule has 0 unspecified atom stereocenters. The number of ether oxygens (including phenoxy) is 2. The zero-order chi connectivity index (χ0) is 23.1. The fourth-order valence-corrected chi connectivity index (χ4v) is 4.68. The first-order valence-corrected chi connectivity index (χ1v) is 11.7. The van der Waals surface area contributed by atoms with E-state index in [1.54, 1.807) is 6.20 Å². The predicted octanol–water partition coefficient (Wildman–Crippen LogP) is 2.94. The molecule has 0 spiro atoms. The Labute approximate surface area is 196 Å². The minimum absolute atomic E-state index is 0.0108. The number of morpholine rings is 1. The van der Waals surface area contributed by atoms with Crippen LogP contribution in [0.4, 0.5) is 17.5 Å². The van der Waals surface area contributed by atoms with E-state index in [-0.39, 0.29) is 5.91 Å². The highest BCUT2D eigenvalue weighted by atomic mass is 16.5. The van der Waals surface area contributed by atoms with Gasteiger partial charge in [-0.2, -0.15) is 15.2 Å². The van der Waals surface area contributed by atoms with Gasteiger partial charge in [-0.3, -0.25) is 4.79 Å². The third-order valence-corrected chi connectivity index (χ3v) is 6.73. The molecule has 3 N–H and O–H groups in total. The molecule has 10 nitrogen and oxygen atoms in total. The van der Waals surface area contributed by atoms with Gasteiger partial charge in [-0.25, -0.2) is 0 Å². The molecule has 2 aliphatic heterocycles. The van der Waals surface area contributed by atoms with Crippen LogP contribution < -0.4 is 15.4 Å². The smallest absolute Gasteiger partial charge is 0.254 e. The molecular weight excluding hydrogens is 434 g/mol. The second kappa shape index (κ2) is 8.50. The largest absolute Gasteiger partial charge is 0.491 e. The molecule has 0 radical (unpaired) electrons. The molecule has 0 bridgehead atoms. The normalized spacial score (nSPS) is 17.6. The number of H-pyrrole nitrogens is 1. The number of aromatic amines is 1. The van der Waals surface area contributed by atoms with Crippen LogP contribution in [0, 0.1) is 11.3 Å². The fraction of sp³-hybridized carbons (Fsp3) is 0.417. The number of carbonyl (C=O) groups is 1. The van der Waals surface area contributed by atoms with E-state index in [0.29, 0.717) is 90.7 Å². The van der Waals surface area contributed by atoms with Crippen molar-refractivity contribution < 1.29 is 14.3 Å². The molecule has 4 heterocycles. The highest BCUT2D eigenvalue weighted by Gasteiger charge is 2.28. The summed E-state index contributed by atoms with van der Waals surface area (Å²) in [4.78, 5) is 27.3. The number of nitrogens with zero attached hydrogens (tertiary/aromatic N) is 4.